The zero-order valence-electron chi connectivity index (χ0n) is 8.88. The van der Waals surface area contributed by atoms with Crippen LogP contribution in [-0.2, 0) is 0 Å². The molecule has 0 fully saturated rings. The van der Waals surface area contributed by atoms with Crippen LogP contribution in [0, 0.1) is 0 Å². The highest BCUT2D eigenvalue weighted by atomic mass is 16.1. The first-order chi connectivity index (χ1) is 7.72. The standard InChI is InChI=1S/C13H11NO2/c1-10(16)11-4-2-5-12(8-11)14-7-3-6-13(14)9-15/h2-9H,1H3. The summed E-state index contributed by atoms with van der Waals surface area (Å²) >= 11 is 0. The lowest BCUT2D eigenvalue weighted by molar-refractivity contribution is 0.101. The van der Waals surface area contributed by atoms with Gasteiger partial charge in [0.25, 0.3) is 0 Å². The van der Waals surface area contributed by atoms with Crippen molar-refractivity contribution in [1.29, 1.82) is 0 Å². The first kappa shape index (κ1) is 10.4. The molecule has 0 amide bonds. The van der Waals surface area contributed by atoms with Crippen molar-refractivity contribution in [1.82, 2.24) is 4.57 Å². The molecule has 2 rings (SSSR count). The van der Waals surface area contributed by atoms with E-state index in [1.54, 1.807) is 41.1 Å². The highest BCUT2D eigenvalue weighted by Gasteiger charge is 2.04. The van der Waals surface area contributed by atoms with Gasteiger partial charge >= 0.3 is 0 Å². The number of aromatic nitrogens is 1. The zero-order chi connectivity index (χ0) is 11.5. The number of aldehydes is 1. The molecule has 0 spiro atoms. The number of hydrogen-bond acceptors (Lipinski definition) is 2. The smallest absolute Gasteiger partial charge is 0.166 e. The number of ketones is 1. The molecule has 3 heteroatoms. The Morgan fingerprint density at radius 3 is 2.75 bits per heavy atom. The molecule has 3 nitrogen and oxygen atoms in total. The third-order valence-corrected chi connectivity index (χ3v) is 2.43. The molecule has 1 aromatic carbocycles. The molecule has 0 aliphatic heterocycles. The molecule has 0 N–H and O–H groups in total. The quantitative estimate of drug-likeness (QED) is 0.580. The minimum absolute atomic E-state index is 0.0154. The van der Waals surface area contributed by atoms with E-state index >= 15 is 0 Å². The van der Waals surface area contributed by atoms with Gasteiger partial charge in [0.1, 0.15) is 0 Å². The lowest BCUT2D eigenvalue weighted by Crippen LogP contribution is -1.99. The second-order valence-electron chi connectivity index (χ2n) is 3.53. The molecule has 0 aliphatic rings. The van der Waals surface area contributed by atoms with Crippen LogP contribution in [0.2, 0.25) is 0 Å². The molecule has 16 heavy (non-hydrogen) atoms. The average molecular weight is 213 g/mol. The number of hydrogen-bond donors (Lipinski definition) is 0. The van der Waals surface area contributed by atoms with Gasteiger partial charge in [0.15, 0.2) is 12.1 Å². The number of Topliss-reactive ketones (excluding diaryl/α,β-unsaturated/α-hetero) is 1. The summed E-state index contributed by atoms with van der Waals surface area (Å²) in [5.41, 5.74) is 2.03. The molecule has 1 heterocycles. The van der Waals surface area contributed by atoms with Crippen molar-refractivity contribution in [3.8, 4) is 5.69 Å². The van der Waals surface area contributed by atoms with Crippen molar-refractivity contribution in [3.05, 3.63) is 53.9 Å². The topological polar surface area (TPSA) is 39.1 Å². The zero-order valence-corrected chi connectivity index (χ0v) is 8.88. The Morgan fingerprint density at radius 2 is 2.06 bits per heavy atom. The molecule has 2 aromatic rings. The Bertz CT molecular complexity index is 540. The van der Waals surface area contributed by atoms with E-state index in [1.165, 1.54) is 6.92 Å². The largest absolute Gasteiger partial charge is 0.314 e. The van der Waals surface area contributed by atoms with E-state index in [9.17, 15) is 9.59 Å². The molecule has 0 aliphatic carbocycles. The van der Waals surface area contributed by atoms with Gasteiger partial charge in [0, 0.05) is 17.4 Å². The number of nitrogens with zero attached hydrogens (tertiary/aromatic N) is 1. The summed E-state index contributed by atoms with van der Waals surface area (Å²) < 4.78 is 1.75. The first-order valence-corrected chi connectivity index (χ1v) is 4.96. The van der Waals surface area contributed by atoms with Gasteiger partial charge in [-0.1, -0.05) is 12.1 Å². The maximum Gasteiger partial charge on any atom is 0.166 e. The van der Waals surface area contributed by atoms with Crippen LogP contribution in [-0.4, -0.2) is 16.6 Å². The SMILES string of the molecule is CC(=O)c1cccc(-n2cccc2C=O)c1. The maximum atomic E-state index is 11.2. The lowest BCUT2D eigenvalue weighted by atomic mass is 10.1. The minimum Gasteiger partial charge on any atom is -0.314 e. The molecular weight excluding hydrogens is 202 g/mol. The van der Waals surface area contributed by atoms with Crippen molar-refractivity contribution in [2.45, 2.75) is 6.92 Å². The molecule has 1 aromatic heterocycles. The number of benzene rings is 1. The highest BCUT2D eigenvalue weighted by molar-refractivity contribution is 5.94. The van der Waals surface area contributed by atoms with Crippen molar-refractivity contribution < 1.29 is 9.59 Å². The Balaban J connectivity index is 2.52. The molecule has 0 saturated carbocycles. The Labute approximate surface area is 93.3 Å². The van der Waals surface area contributed by atoms with Gasteiger partial charge in [-0.2, -0.15) is 0 Å². The molecule has 0 bridgehead atoms. The first-order valence-electron chi connectivity index (χ1n) is 4.96. The predicted octanol–water partition coefficient (Wildman–Crippen LogP) is 2.49. The highest BCUT2D eigenvalue weighted by Crippen LogP contribution is 2.13. The van der Waals surface area contributed by atoms with Gasteiger partial charge in [0.05, 0.1) is 5.69 Å². The molecule has 0 unspecified atom stereocenters. The van der Waals surface area contributed by atoms with E-state index in [4.69, 9.17) is 0 Å². The average Bonchev–Trinajstić information content (AvgIpc) is 2.77. The van der Waals surface area contributed by atoms with E-state index in [-0.39, 0.29) is 5.78 Å². The van der Waals surface area contributed by atoms with E-state index < -0.39 is 0 Å². The lowest BCUT2D eigenvalue weighted by Gasteiger charge is -2.06. The van der Waals surface area contributed by atoms with Gasteiger partial charge in [-0.15, -0.1) is 0 Å². The van der Waals surface area contributed by atoms with Gasteiger partial charge in [-0.05, 0) is 31.2 Å². The van der Waals surface area contributed by atoms with Gasteiger partial charge in [-0.25, -0.2) is 0 Å². The molecule has 0 radical (unpaired) electrons. The normalized spacial score (nSPS) is 10.1. The summed E-state index contributed by atoms with van der Waals surface area (Å²) in [4.78, 5) is 22.0. The van der Waals surface area contributed by atoms with Crippen LogP contribution in [0.5, 0.6) is 0 Å². The summed E-state index contributed by atoms with van der Waals surface area (Å²) in [7, 11) is 0. The van der Waals surface area contributed by atoms with E-state index in [1.807, 2.05) is 6.07 Å². The van der Waals surface area contributed by atoms with Crippen LogP contribution in [0.4, 0.5) is 0 Å². The van der Waals surface area contributed by atoms with Crippen LogP contribution in [0.25, 0.3) is 5.69 Å². The fraction of sp³-hybridized carbons (Fsp3) is 0.0769. The van der Waals surface area contributed by atoms with Gasteiger partial charge < -0.3 is 4.57 Å². The van der Waals surface area contributed by atoms with Gasteiger partial charge in [-0.3, -0.25) is 9.59 Å². The van der Waals surface area contributed by atoms with E-state index in [0.29, 0.717) is 11.3 Å². The van der Waals surface area contributed by atoms with Crippen LogP contribution in [0.3, 0.4) is 0 Å². The Hall–Kier alpha value is -2.16. The predicted molar refractivity (Wildman–Crippen MR) is 61.2 cm³/mol. The van der Waals surface area contributed by atoms with Crippen LogP contribution in [0.15, 0.2) is 42.6 Å². The fourth-order valence-corrected chi connectivity index (χ4v) is 1.60. The Kier molecular flexibility index (Phi) is 2.68. The monoisotopic (exact) mass is 213 g/mol. The van der Waals surface area contributed by atoms with E-state index in [0.717, 1.165) is 12.0 Å². The van der Waals surface area contributed by atoms with Crippen molar-refractivity contribution in [2.75, 3.05) is 0 Å². The Morgan fingerprint density at radius 1 is 1.25 bits per heavy atom. The number of carbonyl (C=O) groups is 2. The fourth-order valence-electron chi connectivity index (χ4n) is 1.60. The van der Waals surface area contributed by atoms with Crippen molar-refractivity contribution in [2.24, 2.45) is 0 Å². The molecule has 80 valence electrons. The van der Waals surface area contributed by atoms with Crippen LogP contribution >= 0.6 is 0 Å². The summed E-state index contributed by atoms with van der Waals surface area (Å²) in [6.45, 7) is 1.52. The maximum absolute atomic E-state index is 11.2. The second-order valence-corrected chi connectivity index (χ2v) is 3.53. The summed E-state index contributed by atoms with van der Waals surface area (Å²) in [5.74, 6) is 0.0154. The molecule has 0 atom stereocenters. The summed E-state index contributed by atoms with van der Waals surface area (Å²) in [6.07, 6.45) is 2.59. The number of carbonyl (C=O) groups excluding carboxylic acids is 2. The summed E-state index contributed by atoms with van der Waals surface area (Å²) in [5, 5.41) is 0. The number of rotatable bonds is 3. The third kappa shape index (κ3) is 1.80. The second kappa shape index (κ2) is 4.14. The van der Waals surface area contributed by atoms with Crippen LogP contribution < -0.4 is 0 Å². The van der Waals surface area contributed by atoms with Crippen LogP contribution in [0.1, 0.15) is 27.8 Å². The minimum atomic E-state index is 0.0154. The van der Waals surface area contributed by atoms with Crippen molar-refractivity contribution >= 4 is 12.1 Å². The van der Waals surface area contributed by atoms with Crippen molar-refractivity contribution in [3.63, 3.8) is 0 Å². The van der Waals surface area contributed by atoms with Gasteiger partial charge in [0.2, 0.25) is 0 Å². The van der Waals surface area contributed by atoms with E-state index in [2.05, 4.69) is 0 Å². The molecular formula is C13H11NO2. The third-order valence-electron chi connectivity index (χ3n) is 2.43. The summed E-state index contributed by atoms with van der Waals surface area (Å²) in [6, 6.07) is 10.7. The molecule has 0 saturated heterocycles.